The summed E-state index contributed by atoms with van der Waals surface area (Å²) in [5.74, 6) is 1.77. The van der Waals surface area contributed by atoms with Crippen molar-refractivity contribution in [3.63, 3.8) is 0 Å². The maximum Gasteiger partial charge on any atom is 0.254 e. The second kappa shape index (κ2) is 8.66. The fourth-order valence-corrected chi connectivity index (χ4v) is 4.03. The van der Waals surface area contributed by atoms with Crippen LogP contribution in [-0.2, 0) is 13.0 Å². The van der Waals surface area contributed by atoms with E-state index in [4.69, 9.17) is 9.97 Å². The van der Waals surface area contributed by atoms with Gasteiger partial charge < -0.3 is 9.80 Å². The summed E-state index contributed by atoms with van der Waals surface area (Å²) >= 11 is 0. The van der Waals surface area contributed by atoms with E-state index in [1.165, 1.54) is 0 Å². The van der Waals surface area contributed by atoms with Gasteiger partial charge in [0.1, 0.15) is 5.82 Å². The largest absolute Gasteiger partial charge is 0.359 e. The van der Waals surface area contributed by atoms with Crippen LogP contribution in [0.2, 0.25) is 0 Å². The zero-order valence-corrected chi connectivity index (χ0v) is 17.9. The van der Waals surface area contributed by atoms with Crippen LogP contribution in [0.25, 0.3) is 11.4 Å². The summed E-state index contributed by atoms with van der Waals surface area (Å²) in [5.41, 5.74) is 4.91. The van der Waals surface area contributed by atoms with E-state index in [-0.39, 0.29) is 5.91 Å². The lowest BCUT2D eigenvalue weighted by molar-refractivity contribution is 0.0733. The minimum atomic E-state index is 0.0787. The quantitative estimate of drug-likeness (QED) is 0.633. The monoisotopic (exact) mass is 400 g/mol. The normalized spacial score (nSPS) is 13.1. The number of hydrogen-bond donors (Lipinski definition) is 0. The number of rotatable bonds is 5. The van der Waals surface area contributed by atoms with E-state index in [1.807, 2.05) is 66.4 Å². The molecule has 0 unspecified atom stereocenters. The zero-order chi connectivity index (χ0) is 21.1. The molecule has 1 amide bonds. The topological polar surface area (TPSA) is 49.3 Å². The highest BCUT2D eigenvalue weighted by Crippen LogP contribution is 2.30. The molecule has 3 aromatic rings. The highest BCUT2D eigenvalue weighted by Gasteiger charge is 2.28. The molecule has 154 valence electrons. The molecule has 1 aliphatic rings. The van der Waals surface area contributed by atoms with Crippen molar-refractivity contribution in [3.05, 3.63) is 77.0 Å². The molecule has 1 aromatic heterocycles. The Balaban J connectivity index is 1.72. The molecule has 30 heavy (non-hydrogen) atoms. The van der Waals surface area contributed by atoms with Crippen LogP contribution in [0.4, 0.5) is 5.82 Å². The van der Waals surface area contributed by atoms with Gasteiger partial charge in [-0.25, -0.2) is 9.97 Å². The average Bonchev–Trinajstić information content (AvgIpc) is 2.78. The summed E-state index contributed by atoms with van der Waals surface area (Å²) in [6.07, 6.45) is 1.77. The van der Waals surface area contributed by atoms with Gasteiger partial charge in [-0.05, 0) is 25.0 Å². The lowest BCUT2D eigenvalue weighted by Crippen LogP contribution is -2.38. The average molecular weight is 401 g/mol. The van der Waals surface area contributed by atoms with E-state index in [0.29, 0.717) is 13.1 Å². The molecule has 0 saturated carbocycles. The summed E-state index contributed by atoms with van der Waals surface area (Å²) in [5, 5.41) is 0. The Bertz CT molecular complexity index is 1050. The maximum absolute atomic E-state index is 13.2. The first-order valence-electron chi connectivity index (χ1n) is 10.6. The number of aromatic nitrogens is 2. The molecule has 0 spiro atoms. The van der Waals surface area contributed by atoms with Crippen molar-refractivity contribution in [2.75, 3.05) is 25.0 Å². The summed E-state index contributed by atoms with van der Waals surface area (Å²) in [7, 11) is 2.07. The van der Waals surface area contributed by atoms with Crippen molar-refractivity contribution in [3.8, 4) is 11.4 Å². The van der Waals surface area contributed by atoms with Crippen LogP contribution < -0.4 is 4.90 Å². The van der Waals surface area contributed by atoms with Gasteiger partial charge in [0.2, 0.25) is 0 Å². The molecule has 0 fully saturated rings. The van der Waals surface area contributed by atoms with E-state index in [9.17, 15) is 4.79 Å². The molecule has 5 nitrogen and oxygen atoms in total. The van der Waals surface area contributed by atoms with E-state index < -0.39 is 0 Å². The molecule has 2 aromatic carbocycles. The predicted octanol–water partition coefficient (Wildman–Crippen LogP) is 4.50. The number of carbonyl (C=O) groups excluding carboxylic acids is 1. The van der Waals surface area contributed by atoms with Crippen molar-refractivity contribution < 1.29 is 4.79 Å². The van der Waals surface area contributed by atoms with Crippen molar-refractivity contribution in [2.45, 2.75) is 33.2 Å². The highest BCUT2D eigenvalue weighted by atomic mass is 16.2. The van der Waals surface area contributed by atoms with E-state index in [2.05, 4.69) is 18.9 Å². The first-order valence-corrected chi connectivity index (χ1v) is 10.6. The van der Waals surface area contributed by atoms with Crippen molar-refractivity contribution in [2.24, 2.45) is 0 Å². The van der Waals surface area contributed by atoms with Gasteiger partial charge in [0.25, 0.3) is 5.91 Å². The van der Waals surface area contributed by atoms with Crippen molar-refractivity contribution >= 4 is 11.7 Å². The number of benzene rings is 2. The first-order chi connectivity index (χ1) is 14.6. The van der Waals surface area contributed by atoms with Crippen LogP contribution >= 0.6 is 0 Å². The van der Waals surface area contributed by atoms with Crippen LogP contribution in [0.5, 0.6) is 0 Å². The molecule has 1 aliphatic heterocycles. The number of hydrogen-bond acceptors (Lipinski definition) is 4. The number of carbonyl (C=O) groups is 1. The summed E-state index contributed by atoms with van der Waals surface area (Å²) in [6.45, 7) is 6.27. The zero-order valence-electron chi connectivity index (χ0n) is 17.9. The van der Waals surface area contributed by atoms with Crippen LogP contribution in [0.3, 0.4) is 0 Å². The highest BCUT2D eigenvalue weighted by molar-refractivity contribution is 5.95. The molecular weight excluding hydrogens is 372 g/mol. The van der Waals surface area contributed by atoms with Crippen LogP contribution in [0.15, 0.2) is 54.6 Å². The Labute approximate surface area is 178 Å². The molecule has 0 atom stereocenters. The molecule has 0 N–H and O–H groups in total. The molecule has 0 aliphatic carbocycles. The molecule has 0 bridgehead atoms. The van der Waals surface area contributed by atoms with Crippen LogP contribution in [0, 0.1) is 6.92 Å². The van der Waals surface area contributed by atoms with Crippen molar-refractivity contribution in [1.29, 1.82) is 0 Å². The van der Waals surface area contributed by atoms with E-state index in [0.717, 1.165) is 59.0 Å². The second-order valence-electron chi connectivity index (χ2n) is 7.88. The molecule has 0 radical (unpaired) electrons. The summed E-state index contributed by atoms with van der Waals surface area (Å²) < 4.78 is 0. The van der Waals surface area contributed by atoms with E-state index in [1.54, 1.807) is 0 Å². The van der Waals surface area contributed by atoms with Gasteiger partial charge >= 0.3 is 0 Å². The Morgan fingerprint density at radius 1 is 1.07 bits per heavy atom. The predicted molar refractivity (Wildman–Crippen MR) is 121 cm³/mol. The molecule has 0 saturated heterocycles. The van der Waals surface area contributed by atoms with E-state index >= 15 is 0 Å². The fraction of sp³-hybridized carbons (Fsp3) is 0.320. The molecular formula is C25H28N4O. The third-order valence-corrected chi connectivity index (χ3v) is 5.65. The second-order valence-corrected chi connectivity index (χ2v) is 7.88. The summed E-state index contributed by atoms with van der Waals surface area (Å²) in [6, 6.07) is 17.9. The third-order valence-electron chi connectivity index (χ3n) is 5.65. The number of anilines is 1. The van der Waals surface area contributed by atoms with Gasteiger partial charge in [-0.2, -0.15) is 0 Å². The number of aryl methyl sites for hydroxylation is 1. The number of nitrogens with zero attached hydrogens (tertiary/aromatic N) is 4. The Hall–Kier alpha value is -3.21. The standard InChI is InChI=1S/C25H28N4O/c1-4-15-28(3)24-21-17-29(25(30)20-13-9-8-10-18(20)2)16-14-22(21)26-23(27-24)19-11-6-5-7-12-19/h5-13H,4,14-17H2,1-3H3. The third kappa shape index (κ3) is 3.92. The smallest absolute Gasteiger partial charge is 0.254 e. The van der Waals surface area contributed by atoms with Crippen molar-refractivity contribution in [1.82, 2.24) is 14.9 Å². The molecule has 5 heteroatoms. The minimum Gasteiger partial charge on any atom is -0.359 e. The number of amides is 1. The summed E-state index contributed by atoms with van der Waals surface area (Å²) in [4.78, 5) is 27.1. The lowest BCUT2D eigenvalue weighted by Gasteiger charge is -2.32. The van der Waals surface area contributed by atoms with Gasteiger partial charge in [0.05, 0.1) is 12.2 Å². The first kappa shape index (κ1) is 20.1. The Kier molecular flexibility index (Phi) is 5.79. The molecule has 2 heterocycles. The number of fused-ring (bicyclic) bond motifs is 1. The molecule has 4 rings (SSSR count). The van der Waals surface area contributed by atoms with Gasteiger partial charge in [-0.15, -0.1) is 0 Å². The lowest BCUT2D eigenvalue weighted by atomic mass is 10.0. The minimum absolute atomic E-state index is 0.0787. The Morgan fingerprint density at radius 2 is 1.80 bits per heavy atom. The van der Waals surface area contributed by atoms with Gasteiger partial charge in [-0.1, -0.05) is 55.5 Å². The SMILES string of the molecule is CCCN(C)c1nc(-c2ccccc2)nc2c1CN(C(=O)c1ccccc1C)CC2. The van der Waals surface area contributed by atoms with Crippen LogP contribution in [0.1, 0.15) is 40.5 Å². The van der Waals surface area contributed by atoms with Gasteiger partial charge in [0, 0.05) is 43.2 Å². The fourth-order valence-electron chi connectivity index (χ4n) is 4.03. The maximum atomic E-state index is 13.2. The van der Waals surface area contributed by atoms with Crippen LogP contribution in [-0.4, -0.2) is 40.9 Å². The Morgan fingerprint density at radius 3 is 2.53 bits per heavy atom. The van der Waals surface area contributed by atoms with Gasteiger partial charge in [-0.3, -0.25) is 4.79 Å². The van der Waals surface area contributed by atoms with Gasteiger partial charge in [0.15, 0.2) is 5.82 Å².